The van der Waals surface area contributed by atoms with Crippen molar-refractivity contribution in [3.8, 4) is 0 Å². The van der Waals surface area contributed by atoms with Crippen LogP contribution in [0.15, 0.2) is 42.5 Å². The number of nitrogens with one attached hydrogen (secondary N) is 1. The normalized spacial score (nSPS) is 10.0. The summed E-state index contributed by atoms with van der Waals surface area (Å²) in [6.07, 6.45) is 0. The number of rotatable bonds is 3. The van der Waals surface area contributed by atoms with E-state index < -0.39 is 5.97 Å². The average Bonchev–Trinajstić information content (AvgIpc) is 2.47. The number of carbonyl (C=O) groups is 2. The first-order valence-electron chi connectivity index (χ1n) is 6.06. The molecule has 3 N–H and O–H groups in total. The molecule has 5 nitrogen and oxygen atoms in total. The minimum atomic E-state index is -0.556. The van der Waals surface area contributed by atoms with Crippen LogP contribution in [0.1, 0.15) is 20.7 Å². The summed E-state index contributed by atoms with van der Waals surface area (Å²) in [6.45, 7) is 0. The molecule has 0 spiro atoms. The Morgan fingerprint density at radius 1 is 1.14 bits per heavy atom. The Balaban J connectivity index is 2.30. The molecule has 2 aromatic rings. The van der Waals surface area contributed by atoms with Crippen molar-refractivity contribution in [2.24, 2.45) is 0 Å². The molecule has 0 aliphatic carbocycles. The molecular weight excluding hydrogens is 292 g/mol. The van der Waals surface area contributed by atoms with Crippen LogP contribution >= 0.6 is 11.6 Å². The number of ether oxygens (including phenoxy) is 1. The average molecular weight is 305 g/mol. The summed E-state index contributed by atoms with van der Waals surface area (Å²) in [5, 5.41) is 3.04. The summed E-state index contributed by atoms with van der Waals surface area (Å²) >= 11 is 5.89. The van der Waals surface area contributed by atoms with Gasteiger partial charge < -0.3 is 15.8 Å². The van der Waals surface area contributed by atoms with Crippen LogP contribution < -0.4 is 11.1 Å². The monoisotopic (exact) mass is 304 g/mol. The molecule has 0 saturated heterocycles. The van der Waals surface area contributed by atoms with E-state index in [9.17, 15) is 9.59 Å². The fraction of sp³-hybridized carbons (Fsp3) is 0.0667. The van der Waals surface area contributed by atoms with Gasteiger partial charge in [0.2, 0.25) is 0 Å². The van der Waals surface area contributed by atoms with Crippen LogP contribution in [0.3, 0.4) is 0 Å². The van der Waals surface area contributed by atoms with Crippen molar-refractivity contribution >= 4 is 34.9 Å². The van der Waals surface area contributed by atoms with Gasteiger partial charge in [0.25, 0.3) is 5.91 Å². The third-order valence-corrected chi connectivity index (χ3v) is 3.04. The van der Waals surface area contributed by atoms with Gasteiger partial charge in [-0.1, -0.05) is 11.6 Å². The summed E-state index contributed by atoms with van der Waals surface area (Å²) in [4.78, 5) is 23.8. The van der Waals surface area contributed by atoms with Crippen LogP contribution in [0.2, 0.25) is 5.02 Å². The predicted molar refractivity (Wildman–Crippen MR) is 81.6 cm³/mol. The number of hydrogen-bond acceptors (Lipinski definition) is 4. The minimum Gasteiger partial charge on any atom is -0.465 e. The zero-order valence-corrected chi connectivity index (χ0v) is 12.0. The number of amides is 1. The number of carbonyl (C=O) groups excluding carboxylic acids is 2. The van der Waals surface area contributed by atoms with Crippen LogP contribution in [-0.4, -0.2) is 19.0 Å². The van der Waals surface area contributed by atoms with E-state index in [1.807, 2.05) is 0 Å². The van der Waals surface area contributed by atoms with Crippen molar-refractivity contribution in [3.63, 3.8) is 0 Å². The highest BCUT2D eigenvalue weighted by Gasteiger charge is 2.15. The van der Waals surface area contributed by atoms with Crippen molar-refractivity contribution in [2.75, 3.05) is 18.2 Å². The summed E-state index contributed by atoms with van der Waals surface area (Å²) in [7, 11) is 1.27. The van der Waals surface area contributed by atoms with E-state index in [1.54, 1.807) is 30.3 Å². The third kappa shape index (κ3) is 3.52. The summed E-state index contributed by atoms with van der Waals surface area (Å²) in [5.41, 5.74) is 7.06. The van der Waals surface area contributed by atoms with E-state index in [0.29, 0.717) is 16.3 Å². The van der Waals surface area contributed by atoms with Crippen LogP contribution in [0, 0.1) is 0 Å². The van der Waals surface area contributed by atoms with Crippen molar-refractivity contribution in [3.05, 3.63) is 58.6 Å². The summed E-state index contributed by atoms with van der Waals surface area (Å²) in [6, 6.07) is 10.9. The molecule has 0 saturated carbocycles. The molecule has 108 valence electrons. The van der Waals surface area contributed by atoms with Crippen LogP contribution in [-0.2, 0) is 4.74 Å². The lowest BCUT2D eigenvalue weighted by Gasteiger charge is -2.10. The van der Waals surface area contributed by atoms with E-state index in [2.05, 4.69) is 10.1 Å². The summed E-state index contributed by atoms with van der Waals surface area (Å²) < 4.78 is 4.67. The van der Waals surface area contributed by atoms with Crippen molar-refractivity contribution < 1.29 is 14.3 Å². The highest BCUT2D eigenvalue weighted by Crippen LogP contribution is 2.22. The Morgan fingerprint density at radius 2 is 1.81 bits per heavy atom. The molecule has 0 unspecified atom stereocenters. The van der Waals surface area contributed by atoms with Crippen molar-refractivity contribution in [1.29, 1.82) is 0 Å². The van der Waals surface area contributed by atoms with Gasteiger partial charge in [0.15, 0.2) is 0 Å². The number of nitrogens with two attached hydrogens (primary N) is 1. The second-order valence-corrected chi connectivity index (χ2v) is 4.69. The molecule has 0 radical (unpaired) electrons. The van der Waals surface area contributed by atoms with E-state index in [4.69, 9.17) is 17.3 Å². The van der Waals surface area contributed by atoms with Gasteiger partial charge in [-0.25, -0.2) is 4.79 Å². The molecule has 21 heavy (non-hydrogen) atoms. The number of esters is 1. The Bertz CT molecular complexity index is 684. The lowest BCUT2D eigenvalue weighted by Crippen LogP contribution is -2.15. The Hall–Kier alpha value is -2.53. The molecule has 0 aliphatic heterocycles. The molecule has 2 rings (SSSR count). The van der Waals surface area contributed by atoms with E-state index in [0.717, 1.165) is 0 Å². The van der Waals surface area contributed by atoms with Crippen LogP contribution in [0.4, 0.5) is 11.4 Å². The molecule has 0 fully saturated rings. The number of hydrogen-bond donors (Lipinski definition) is 2. The van der Waals surface area contributed by atoms with E-state index in [-0.39, 0.29) is 17.2 Å². The lowest BCUT2D eigenvalue weighted by atomic mass is 10.1. The minimum absolute atomic E-state index is 0.227. The first-order valence-corrected chi connectivity index (χ1v) is 6.44. The number of halogens is 1. The summed E-state index contributed by atoms with van der Waals surface area (Å²) in [5.74, 6) is -0.929. The third-order valence-electron chi connectivity index (χ3n) is 2.81. The topological polar surface area (TPSA) is 81.4 Å². The number of nitrogen functional groups attached to an aromatic ring is 1. The van der Waals surface area contributed by atoms with E-state index in [1.165, 1.54) is 19.2 Å². The number of methoxy groups -OCH3 is 1. The smallest absolute Gasteiger partial charge is 0.339 e. The van der Waals surface area contributed by atoms with Gasteiger partial charge in [-0.15, -0.1) is 0 Å². The van der Waals surface area contributed by atoms with Gasteiger partial charge in [0, 0.05) is 16.3 Å². The molecule has 0 aromatic heterocycles. The van der Waals surface area contributed by atoms with Gasteiger partial charge >= 0.3 is 5.97 Å². The first-order chi connectivity index (χ1) is 10.0. The predicted octanol–water partition coefficient (Wildman–Crippen LogP) is 2.96. The first kappa shape index (κ1) is 14.9. The second kappa shape index (κ2) is 6.28. The fourth-order valence-electron chi connectivity index (χ4n) is 1.74. The molecule has 2 aromatic carbocycles. The SMILES string of the molecule is COC(=O)c1ccc(Cl)cc1NC(=O)c1ccc(N)cc1. The molecule has 1 amide bonds. The maximum atomic E-state index is 12.2. The maximum Gasteiger partial charge on any atom is 0.339 e. The van der Waals surface area contributed by atoms with Gasteiger partial charge in [-0.3, -0.25) is 4.79 Å². The maximum absolute atomic E-state index is 12.2. The van der Waals surface area contributed by atoms with Gasteiger partial charge in [0.05, 0.1) is 18.4 Å². The standard InChI is InChI=1S/C15H13ClN2O3/c1-21-15(20)12-7-4-10(16)8-13(12)18-14(19)9-2-5-11(17)6-3-9/h2-8H,17H2,1H3,(H,18,19). The largest absolute Gasteiger partial charge is 0.465 e. The number of anilines is 2. The van der Waals surface area contributed by atoms with Crippen molar-refractivity contribution in [1.82, 2.24) is 0 Å². The van der Waals surface area contributed by atoms with E-state index >= 15 is 0 Å². The highest BCUT2D eigenvalue weighted by molar-refractivity contribution is 6.31. The molecule has 0 bridgehead atoms. The molecule has 0 aliphatic rings. The number of benzene rings is 2. The molecule has 0 heterocycles. The second-order valence-electron chi connectivity index (χ2n) is 4.26. The zero-order valence-electron chi connectivity index (χ0n) is 11.2. The fourth-order valence-corrected chi connectivity index (χ4v) is 1.91. The molecular formula is C15H13ClN2O3. The molecule has 0 atom stereocenters. The van der Waals surface area contributed by atoms with Gasteiger partial charge in [-0.05, 0) is 42.5 Å². The highest BCUT2D eigenvalue weighted by atomic mass is 35.5. The van der Waals surface area contributed by atoms with Crippen LogP contribution in [0.25, 0.3) is 0 Å². The molecule has 6 heteroatoms. The Kier molecular flexibility index (Phi) is 4.45. The lowest BCUT2D eigenvalue weighted by molar-refractivity contribution is 0.0602. The van der Waals surface area contributed by atoms with Gasteiger partial charge in [-0.2, -0.15) is 0 Å². The Morgan fingerprint density at radius 3 is 2.43 bits per heavy atom. The van der Waals surface area contributed by atoms with Crippen molar-refractivity contribution in [2.45, 2.75) is 0 Å². The quantitative estimate of drug-likeness (QED) is 0.674. The zero-order chi connectivity index (χ0) is 15.4. The Labute approximate surface area is 126 Å². The van der Waals surface area contributed by atoms with Gasteiger partial charge in [0.1, 0.15) is 0 Å². The van der Waals surface area contributed by atoms with Crippen LogP contribution in [0.5, 0.6) is 0 Å².